The van der Waals surface area contributed by atoms with Crippen molar-refractivity contribution in [3.05, 3.63) is 70.3 Å². The van der Waals surface area contributed by atoms with Gasteiger partial charge in [-0.05, 0) is 144 Å². The Balaban J connectivity index is 1.41. The van der Waals surface area contributed by atoms with Crippen molar-refractivity contribution in [3.63, 3.8) is 0 Å². The van der Waals surface area contributed by atoms with Crippen LogP contribution in [-0.4, -0.2) is 255 Å². The molecule has 2 aliphatic rings. The number of anilines is 1. The molecule has 2 aliphatic heterocycles. The van der Waals surface area contributed by atoms with Gasteiger partial charge in [0, 0.05) is 37.3 Å². The normalized spacial score (nSPS) is 17.2. The molecule has 2 fully saturated rings. The lowest BCUT2D eigenvalue weighted by molar-refractivity contribution is -0.384. The first-order valence-corrected chi connectivity index (χ1v) is 40.3. The van der Waals surface area contributed by atoms with Crippen LogP contribution >= 0.6 is 23.5 Å². The first-order valence-electron chi connectivity index (χ1n) is 37.5. The lowest BCUT2D eigenvalue weighted by Crippen LogP contribution is -2.62. The van der Waals surface area contributed by atoms with Crippen molar-refractivity contribution >= 4 is 124 Å². The maximum absolute atomic E-state index is 14.7. The zero-order valence-corrected chi connectivity index (χ0v) is 66.8. The molecule has 0 spiro atoms. The summed E-state index contributed by atoms with van der Waals surface area (Å²) >= 11 is 2.70. The fourth-order valence-electron chi connectivity index (χ4n) is 12.3. The van der Waals surface area contributed by atoms with Crippen molar-refractivity contribution in [2.45, 2.75) is 217 Å². The number of aliphatic hydroxyl groups is 2. The third kappa shape index (κ3) is 30.5. The van der Waals surface area contributed by atoms with E-state index in [0.29, 0.717) is 42.8 Å². The molecule has 4 rings (SSSR count). The van der Waals surface area contributed by atoms with Crippen LogP contribution in [-0.2, 0) is 78.3 Å². The van der Waals surface area contributed by atoms with Crippen molar-refractivity contribution < 1.29 is 87.1 Å². The molecule has 15 amide bonds. The maximum atomic E-state index is 14.7. The van der Waals surface area contributed by atoms with E-state index >= 15 is 0 Å². The summed E-state index contributed by atoms with van der Waals surface area (Å²) in [5, 5.41) is 63.3. The van der Waals surface area contributed by atoms with Crippen LogP contribution in [0.25, 0.3) is 0 Å². The second kappa shape index (κ2) is 47.7. The smallest absolute Gasteiger partial charge is 0.269 e. The van der Waals surface area contributed by atoms with E-state index in [2.05, 4.69) is 63.8 Å². The van der Waals surface area contributed by atoms with Crippen LogP contribution in [0.1, 0.15) is 132 Å². The molecular weight excluding hydrogens is 1500 g/mol. The van der Waals surface area contributed by atoms with Gasteiger partial charge < -0.3 is 101 Å². The molecule has 20 N–H and O–H groups in total. The molecule has 0 radical (unpaired) electrons. The van der Waals surface area contributed by atoms with Crippen LogP contribution in [0.3, 0.4) is 0 Å². The number of likely N-dealkylation sites (tertiary alicyclic amines) is 2. The molecule has 2 aromatic rings. The molecule has 39 heteroatoms. The lowest BCUT2D eigenvalue weighted by Gasteiger charge is -2.32. The Morgan fingerprint density at radius 2 is 1.06 bits per heavy atom. The summed E-state index contributed by atoms with van der Waals surface area (Å²) in [6.07, 6.45) is 2.84. The number of unbranched alkanes of at least 4 members (excludes halogenated alkanes) is 1. The number of nitro benzene ring substituents is 1. The molecule has 0 aliphatic carbocycles. The van der Waals surface area contributed by atoms with E-state index < -0.39 is 204 Å². The minimum absolute atomic E-state index is 0.00624. The number of nitrogens with one attached hydrogen (secondary N) is 12. The predicted molar refractivity (Wildman–Crippen MR) is 418 cm³/mol. The Labute approximate surface area is 660 Å². The van der Waals surface area contributed by atoms with E-state index in [-0.39, 0.29) is 87.8 Å². The average Bonchev–Trinajstić information content (AvgIpc) is 1.63. The number of carbonyl (C=O) groups excluding carboxylic acids is 15. The highest BCUT2D eigenvalue weighted by molar-refractivity contribution is 7.98. The fraction of sp³-hybridized carbons (Fsp3) is 0.630. The van der Waals surface area contributed by atoms with Crippen LogP contribution in [0.4, 0.5) is 11.4 Å². The van der Waals surface area contributed by atoms with Gasteiger partial charge in [0.1, 0.15) is 72.5 Å². The van der Waals surface area contributed by atoms with Crippen molar-refractivity contribution in [2.75, 3.05) is 62.1 Å². The van der Waals surface area contributed by atoms with E-state index in [0.717, 1.165) is 0 Å². The lowest BCUT2D eigenvalue weighted by atomic mass is 10.0. The van der Waals surface area contributed by atoms with E-state index in [4.69, 9.17) is 17.2 Å². The number of hydrogen-bond acceptors (Lipinski definition) is 23. The Morgan fingerprint density at radius 3 is 1.59 bits per heavy atom. The average molecular weight is 1610 g/mol. The number of thioether (sulfide) groups is 2. The molecule has 0 aromatic heterocycles. The zero-order chi connectivity index (χ0) is 83.6. The van der Waals surface area contributed by atoms with Crippen molar-refractivity contribution in [1.82, 2.24) is 68.3 Å². The van der Waals surface area contributed by atoms with Gasteiger partial charge in [-0.15, -0.1) is 0 Å². The molecule has 622 valence electrons. The highest BCUT2D eigenvalue weighted by atomic mass is 32.2. The van der Waals surface area contributed by atoms with Crippen LogP contribution in [0.15, 0.2) is 54.6 Å². The predicted octanol–water partition coefficient (Wildman–Crippen LogP) is -2.69. The van der Waals surface area contributed by atoms with Crippen LogP contribution in [0.5, 0.6) is 0 Å². The topological polar surface area (TPSA) is 569 Å². The van der Waals surface area contributed by atoms with Gasteiger partial charge in [0.2, 0.25) is 88.6 Å². The molecule has 112 heavy (non-hydrogen) atoms. The summed E-state index contributed by atoms with van der Waals surface area (Å²) < 4.78 is 0. The minimum Gasteiger partial charge on any atom is -0.394 e. The summed E-state index contributed by atoms with van der Waals surface area (Å²) in [4.78, 5) is 220. The van der Waals surface area contributed by atoms with Crippen LogP contribution in [0, 0.1) is 27.9 Å². The number of nitro groups is 1. The summed E-state index contributed by atoms with van der Waals surface area (Å²) in [5.74, 6) is -13.0. The Bertz CT molecular complexity index is 3560. The fourth-order valence-corrected chi connectivity index (χ4v) is 13.3. The molecule has 0 unspecified atom stereocenters. The second-order valence-electron chi connectivity index (χ2n) is 28.9. The van der Waals surface area contributed by atoms with Gasteiger partial charge >= 0.3 is 0 Å². The number of carbonyl (C=O) groups is 15. The largest absolute Gasteiger partial charge is 0.394 e. The standard InChI is InChI=1S/C73H114N18O19S2/c1-39(2)34-52(85-71(106)60(43(8)93)88-66(101)51(36-56(75)94)83-65(100)50(35-44-18-12-11-13-19-44)84-69(104)58(76)40(3)4)72(107)89-30-16-21-54(89)67(102)82-49(28-33-112-10)64(99)81-48(27-32-111-9)62(97)77-37-57(95)80-47(20-14-15-29-74)63(98)78-42(7)61(96)86-53(38-92)73(108)90-31-17-22-55(90)68(103)87-59(41(5)6)70(105)79-45-23-25-46(26-24-45)91(109)110/h11-13,18-19,23-26,39-43,47-55,58-60,92-93H,14-17,20-22,27-38,74,76H2,1-10H3,(H2,75,94)(H,77,97)(H,78,98)(H,79,105)(H,80,95)(H,81,99)(H,82,102)(H,83,100)(H,84,104)(H,85,106)(H,86,96)(H,87,103)(H,88,101)/t42-,43+,47-,48-,49-,50-,51-,52-,53-,54-,55-,58-,59-,60-/m0/s1. The number of benzene rings is 2. The highest BCUT2D eigenvalue weighted by Crippen LogP contribution is 2.24. The second-order valence-corrected chi connectivity index (χ2v) is 30.8. The molecule has 0 saturated carbocycles. The zero-order valence-electron chi connectivity index (χ0n) is 65.2. The number of hydrogen-bond donors (Lipinski definition) is 17. The summed E-state index contributed by atoms with van der Waals surface area (Å²) in [6, 6.07) is -3.84. The number of non-ortho nitro benzene ring substituents is 1. The number of primary amides is 1. The Hall–Kier alpha value is -9.57. The van der Waals surface area contributed by atoms with Crippen LogP contribution in [0.2, 0.25) is 0 Å². The molecule has 2 saturated heterocycles. The first-order chi connectivity index (χ1) is 53.0. The molecular formula is C73H114N18O19S2. The summed E-state index contributed by atoms with van der Waals surface area (Å²) in [7, 11) is 0. The van der Waals surface area contributed by atoms with Crippen molar-refractivity contribution in [1.29, 1.82) is 0 Å². The SMILES string of the molecule is CSCC[C@H](NC(=O)[C@H](CCSC)NC(=O)[C@@H]1CCCN1C(=O)[C@H](CC(C)C)NC(=O)[C@@H](NC(=O)[C@H](CC(N)=O)NC(=O)[C@H](Cc1ccccc1)NC(=O)[C@@H](N)C(C)C)[C@@H](C)O)C(=O)NCC(=O)N[C@@H](CCCCN)C(=O)N[C@@H](C)C(=O)N[C@@H](CO)C(=O)N1CCC[C@H]1C(=O)N[C@H](C(=O)Nc1ccc([N+](=O)[O-])cc1)C(C)C. The van der Waals surface area contributed by atoms with Gasteiger partial charge in [0.15, 0.2) is 0 Å². The third-order valence-electron chi connectivity index (χ3n) is 18.7. The molecule has 37 nitrogen and oxygen atoms in total. The van der Waals surface area contributed by atoms with E-state index in [1.54, 1.807) is 84.4 Å². The first kappa shape index (κ1) is 94.8. The Morgan fingerprint density at radius 1 is 0.554 bits per heavy atom. The molecule has 2 aromatic carbocycles. The quantitative estimate of drug-likeness (QED) is 0.0182. The van der Waals surface area contributed by atoms with Gasteiger partial charge in [0.25, 0.3) is 5.69 Å². The molecule has 14 atom stereocenters. The Kier molecular flexibility index (Phi) is 40.4. The molecule has 0 bridgehead atoms. The van der Waals surface area contributed by atoms with E-state index in [9.17, 15) is 92.2 Å². The van der Waals surface area contributed by atoms with Crippen LogP contribution < -0.4 is 81.0 Å². The van der Waals surface area contributed by atoms with E-state index in [1.807, 2.05) is 0 Å². The minimum atomic E-state index is -1.81. The number of nitrogens with zero attached hydrogens (tertiary/aromatic N) is 3. The van der Waals surface area contributed by atoms with Crippen molar-refractivity contribution in [3.8, 4) is 0 Å². The number of amides is 15. The third-order valence-corrected chi connectivity index (χ3v) is 20.0. The highest BCUT2D eigenvalue weighted by Gasteiger charge is 2.43. The number of rotatable bonds is 47. The maximum Gasteiger partial charge on any atom is 0.269 e. The monoisotopic (exact) mass is 1610 g/mol. The van der Waals surface area contributed by atoms with Gasteiger partial charge in [-0.3, -0.25) is 82.0 Å². The summed E-state index contributed by atoms with van der Waals surface area (Å²) in [5.41, 5.74) is 18.0. The number of nitrogens with two attached hydrogens (primary N) is 3. The summed E-state index contributed by atoms with van der Waals surface area (Å²) in [6.45, 7) is 11.4. The molecule has 2 heterocycles. The number of aliphatic hydroxyl groups excluding tert-OH is 2. The van der Waals surface area contributed by atoms with Gasteiger partial charge in [-0.25, -0.2) is 0 Å². The van der Waals surface area contributed by atoms with Gasteiger partial charge in [-0.2, -0.15) is 23.5 Å². The van der Waals surface area contributed by atoms with Gasteiger partial charge in [-0.1, -0.05) is 71.9 Å². The van der Waals surface area contributed by atoms with E-state index in [1.165, 1.54) is 71.4 Å². The van der Waals surface area contributed by atoms with Crippen molar-refractivity contribution in [2.24, 2.45) is 35.0 Å². The van der Waals surface area contributed by atoms with Gasteiger partial charge in [0.05, 0.1) is 36.6 Å².